The monoisotopic (exact) mass is 192 g/mol. The van der Waals surface area contributed by atoms with Crippen LogP contribution in [-0.2, 0) is 6.54 Å². The van der Waals surface area contributed by atoms with Gasteiger partial charge >= 0.3 is 5.97 Å². The van der Waals surface area contributed by atoms with Crippen LogP contribution >= 0.6 is 0 Å². The Bertz CT molecular complexity index is 348. The lowest BCUT2D eigenvalue weighted by molar-refractivity contribution is 0.0696. The second-order valence-corrected chi connectivity index (χ2v) is 3.54. The molecule has 4 heteroatoms. The first-order valence-corrected chi connectivity index (χ1v) is 4.66. The Kier molecular flexibility index (Phi) is 2.45. The molecule has 1 aromatic heterocycles. The molecule has 74 valence electrons. The zero-order valence-electron chi connectivity index (χ0n) is 7.73. The van der Waals surface area contributed by atoms with Crippen LogP contribution in [-0.4, -0.2) is 22.1 Å². The summed E-state index contributed by atoms with van der Waals surface area (Å²) in [4.78, 5) is 14.5. The number of nitrogens with one attached hydrogen (secondary N) is 1. The van der Waals surface area contributed by atoms with Crippen LogP contribution < -0.4 is 5.32 Å². The van der Waals surface area contributed by atoms with Crippen LogP contribution in [0.15, 0.2) is 18.5 Å². The predicted molar refractivity (Wildman–Crippen MR) is 51.1 cm³/mol. The van der Waals surface area contributed by atoms with E-state index in [4.69, 9.17) is 5.11 Å². The van der Waals surface area contributed by atoms with Gasteiger partial charge in [-0.25, -0.2) is 4.79 Å². The molecule has 0 radical (unpaired) electrons. The Morgan fingerprint density at radius 2 is 2.36 bits per heavy atom. The fourth-order valence-electron chi connectivity index (χ4n) is 1.25. The second kappa shape index (κ2) is 3.75. The van der Waals surface area contributed by atoms with Crippen molar-refractivity contribution in [2.45, 2.75) is 25.4 Å². The van der Waals surface area contributed by atoms with Gasteiger partial charge in [-0.2, -0.15) is 0 Å². The van der Waals surface area contributed by atoms with Crippen LogP contribution in [0.1, 0.15) is 28.8 Å². The van der Waals surface area contributed by atoms with Gasteiger partial charge in [-0.15, -0.1) is 0 Å². The minimum Gasteiger partial charge on any atom is -0.478 e. The highest BCUT2D eigenvalue weighted by molar-refractivity contribution is 5.87. The summed E-state index contributed by atoms with van der Waals surface area (Å²) in [7, 11) is 0. The Labute approximate surface area is 82.0 Å². The Morgan fingerprint density at radius 1 is 1.57 bits per heavy atom. The zero-order valence-corrected chi connectivity index (χ0v) is 7.73. The Balaban J connectivity index is 2.01. The van der Waals surface area contributed by atoms with Crippen molar-refractivity contribution < 1.29 is 9.90 Å². The van der Waals surface area contributed by atoms with Gasteiger partial charge in [0.25, 0.3) is 0 Å². The summed E-state index contributed by atoms with van der Waals surface area (Å²) in [6, 6.07) is 2.29. The number of hydrogen-bond donors (Lipinski definition) is 2. The van der Waals surface area contributed by atoms with Crippen molar-refractivity contribution in [2.24, 2.45) is 0 Å². The average molecular weight is 192 g/mol. The van der Waals surface area contributed by atoms with E-state index >= 15 is 0 Å². The van der Waals surface area contributed by atoms with Crippen molar-refractivity contribution in [3.63, 3.8) is 0 Å². The molecule has 2 N–H and O–H groups in total. The number of aromatic carboxylic acids is 1. The molecule has 2 rings (SSSR count). The summed E-state index contributed by atoms with van der Waals surface area (Å²) in [5, 5.41) is 12.0. The summed E-state index contributed by atoms with van der Waals surface area (Å²) in [6.07, 6.45) is 5.52. The van der Waals surface area contributed by atoms with Gasteiger partial charge in [0.05, 0.1) is 5.56 Å². The summed E-state index contributed by atoms with van der Waals surface area (Å²) < 4.78 is 0. The Morgan fingerprint density at radius 3 is 3.00 bits per heavy atom. The maximum Gasteiger partial charge on any atom is 0.337 e. The number of carbonyl (C=O) groups is 1. The van der Waals surface area contributed by atoms with Crippen LogP contribution in [0.4, 0.5) is 0 Å². The van der Waals surface area contributed by atoms with E-state index in [1.165, 1.54) is 19.0 Å². The number of rotatable bonds is 4. The largest absolute Gasteiger partial charge is 0.478 e. The highest BCUT2D eigenvalue weighted by atomic mass is 16.4. The Hall–Kier alpha value is -1.42. The van der Waals surface area contributed by atoms with Gasteiger partial charge in [0.15, 0.2) is 0 Å². The molecule has 1 saturated carbocycles. The van der Waals surface area contributed by atoms with Gasteiger partial charge in [-0.05, 0) is 24.5 Å². The van der Waals surface area contributed by atoms with Gasteiger partial charge in [0, 0.05) is 25.0 Å². The molecule has 0 bridgehead atoms. The van der Waals surface area contributed by atoms with Gasteiger partial charge in [-0.1, -0.05) is 0 Å². The first-order chi connectivity index (χ1) is 6.75. The summed E-state index contributed by atoms with van der Waals surface area (Å²) >= 11 is 0. The zero-order chi connectivity index (χ0) is 9.97. The van der Waals surface area contributed by atoms with Crippen molar-refractivity contribution in [1.82, 2.24) is 10.3 Å². The van der Waals surface area contributed by atoms with E-state index in [2.05, 4.69) is 10.3 Å². The summed E-state index contributed by atoms with van der Waals surface area (Å²) in [5.41, 5.74) is 1.18. The van der Waals surface area contributed by atoms with E-state index < -0.39 is 5.97 Å². The molecule has 0 aromatic carbocycles. The standard InChI is InChI=1S/C10H12N2O2/c13-10(14)8-3-7(4-11-6-8)5-12-9-1-2-9/h3-4,6,9,12H,1-2,5H2,(H,13,14). The normalized spacial score (nSPS) is 15.4. The van der Waals surface area contributed by atoms with Crippen LogP contribution in [0, 0.1) is 0 Å². The number of carboxylic acid groups (broad SMARTS) is 1. The first kappa shape index (κ1) is 9.15. The third-order valence-electron chi connectivity index (χ3n) is 2.21. The molecule has 4 nitrogen and oxygen atoms in total. The first-order valence-electron chi connectivity index (χ1n) is 4.66. The molecule has 0 unspecified atom stereocenters. The SMILES string of the molecule is O=C(O)c1cncc(CNC2CC2)c1. The second-order valence-electron chi connectivity index (χ2n) is 3.54. The topological polar surface area (TPSA) is 62.2 Å². The third kappa shape index (κ3) is 2.29. The van der Waals surface area contributed by atoms with Crippen LogP contribution in [0.2, 0.25) is 0 Å². The van der Waals surface area contributed by atoms with E-state index in [1.807, 2.05) is 0 Å². The highest BCUT2D eigenvalue weighted by Crippen LogP contribution is 2.19. The number of carboxylic acids is 1. The van der Waals surface area contributed by atoms with Crippen LogP contribution in [0.3, 0.4) is 0 Å². The lowest BCUT2D eigenvalue weighted by atomic mass is 10.2. The molecule has 1 heterocycles. The van der Waals surface area contributed by atoms with Gasteiger partial charge in [0.2, 0.25) is 0 Å². The lowest BCUT2D eigenvalue weighted by Gasteiger charge is -2.02. The van der Waals surface area contributed by atoms with Gasteiger partial charge < -0.3 is 10.4 Å². The van der Waals surface area contributed by atoms with Crippen molar-refractivity contribution in [3.8, 4) is 0 Å². The van der Waals surface area contributed by atoms with Crippen molar-refractivity contribution in [3.05, 3.63) is 29.6 Å². The molecule has 0 amide bonds. The minimum absolute atomic E-state index is 0.250. The van der Waals surface area contributed by atoms with E-state index in [9.17, 15) is 4.79 Å². The average Bonchev–Trinajstić information content (AvgIpc) is 2.99. The van der Waals surface area contributed by atoms with Gasteiger partial charge in [0.1, 0.15) is 0 Å². The molecule has 1 aliphatic rings. The minimum atomic E-state index is -0.925. The number of pyridine rings is 1. The highest BCUT2D eigenvalue weighted by Gasteiger charge is 2.20. The third-order valence-corrected chi connectivity index (χ3v) is 2.21. The molecule has 0 aliphatic heterocycles. The predicted octanol–water partition coefficient (Wildman–Crippen LogP) is 1.03. The fourth-order valence-corrected chi connectivity index (χ4v) is 1.25. The van der Waals surface area contributed by atoms with Crippen LogP contribution in [0.5, 0.6) is 0 Å². The van der Waals surface area contributed by atoms with Gasteiger partial charge in [-0.3, -0.25) is 4.98 Å². The summed E-state index contributed by atoms with van der Waals surface area (Å²) in [5.74, 6) is -0.925. The molecule has 0 atom stereocenters. The molecule has 1 aromatic rings. The maximum absolute atomic E-state index is 10.6. The molecular formula is C10H12N2O2. The lowest BCUT2D eigenvalue weighted by Crippen LogP contribution is -2.15. The molecule has 1 aliphatic carbocycles. The fraction of sp³-hybridized carbons (Fsp3) is 0.400. The quantitative estimate of drug-likeness (QED) is 0.748. The van der Waals surface area contributed by atoms with Crippen molar-refractivity contribution in [2.75, 3.05) is 0 Å². The van der Waals surface area contributed by atoms with E-state index in [-0.39, 0.29) is 5.56 Å². The smallest absolute Gasteiger partial charge is 0.337 e. The molecule has 14 heavy (non-hydrogen) atoms. The van der Waals surface area contributed by atoms with Crippen molar-refractivity contribution >= 4 is 5.97 Å². The summed E-state index contributed by atoms with van der Waals surface area (Å²) in [6.45, 7) is 0.707. The van der Waals surface area contributed by atoms with E-state index in [0.717, 1.165) is 5.56 Å². The van der Waals surface area contributed by atoms with Crippen LogP contribution in [0.25, 0.3) is 0 Å². The number of hydrogen-bond acceptors (Lipinski definition) is 3. The van der Waals surface area contributed by atoms with Crippen molar-refractivity contribution in [1.29, 1.82) is 0 Å². The molecule has 1 fully saturated rings. The molecular weight excluding hydrogens is 180 g/mol. The van der Waals surface area contributed by atoms with E-state index in [1.54, 1.807) is 12.3 Å². The maximum atomic E-state index is 10.6. The molecule has 0 saturated heterocycles. The number of nitrogens with zero attached hydrogens (tertiary/aromatic N) is 1. The number of aromatic nitrogens is 1. The molecule has 0 spiro atoms. The van der Waals surface area contributed by atoms with E-state index in [0.29, 0.717) is 12.6 Å².